The van der Waals surface area contributed by atoms with E-state index in [1.165, 1.54) is 12.1 Å². The Balaban J connectivity index is 1.71. The lowest BCUT2D eigenvalue weighted by atomic mass is 9.93. The summed E-state index contributed by atoms with van der Waals surface area (Å²) in [6.07, 6.45) is 4.77. The van der Waals surface area contributed by atoms with Gasteiger partial charge >= 0.3 is 0 Å². The Morgan fingerprint density at radius 3 is 2.76 bits per heavy atom. The van der Waals surface area contributed by atoms with E-state index in [9.17, 15) is 9.18 Å². The number of piperidine rings is 1. The average molecular weight is 449 g/mol. The topological polar surface area (TPSA) is 58.6 Å². The normalized spacial score (nSPS) is 15.9. The first-order chi connectivity index (χ1) is 16.0. The summed E-state index contributed by atoms with van der Waals surface area (Å²) in [5.41, 5.74) is 3.14. The van der Waals surface area contributed by atoms with Gasteiger partial charge in [0.2, 0.25) is 11.9 Å². The van der Waals surface area contributed by atoms with Crippen LogP contribution in [0.1, 0.15) is 36.6 Å². The molecule has 1 saturated heterocycles. The van der Waals surface area contributed by atoms with E-state index < -0.39 is 0 Å². The summed E-state index contributed by atoms with van der Waals surface area (Å²) in [6.45, 7) is 0.664. The summed E-state index contributed by atoms with van der Waals surface area (Å²) in [5, 5.41) is 0. The van der Waals surface area contributed by atoms with E-state index in [4.69, 9.17) is 9.72 Å². The summed E-state index contributed by atoms with van der Waals surface area (Å²) < 4.78 is 19.3. The largest absolute Gasteiger partial charge is 0.497 e. The molecule has 4 rings (SSSR count). The molecule has 0 aliphatic carbocycles. The molecule has 2 aromatic carbocycles. The third kappa shape index (κ3) is 5.13. The van der Waals surface area contributed by atoms with Gasteiger partial charge in [-0.2, -0.15) is 0 Å². The van der Waals surface area contributed by atoms with Crippen LogP contribution in [-0.2, 0) is 11.2 Å². The molecule has 0 N–H and O–H groups in total. The molecule has 1 amide bonds. The van der Waals surface area contributed by atoms with Crippen LogP contribution in [0.5, 0.6) is 5.75 Å². The van der Waals surface area contributed by atoms with Crippen LogP contribution in [-0.4, -0.2) is 48.5 Å². The molecular weight excluding hydrogens is 419 g/mol. The van der Waals surface area contributed by atoms with Crippen molar-refractivity contribution in [2.75, 3.05) is 32.6 Å². The van der Waals surface area contributed by atoms with Gasteiger partial charge in [0.05, 0.1) is 25.3 Å². The number of halogens is 1. The fraction of sp³-hybridized carbons (Fsp3) is 0.346. The standard InChI is InChI=1S/C26H29FN4O2/c1-30(2)26-28-17-22(19-9-7-10-20(27)16-19)25(29-26)23-12-4-5-13-31(23)24(32)15-18-8-6-11-21(14-18)33-3/h6-11,14,16-17,23H,4-5,12-13,15H2,1-3H3. The van der Waals surface area contributed by atoms with Crippen molar-refractivity contribution in [2.45, 2.75) is 31.7 Å². The van der Waals surface area contributed by atoms with Gasteiger partial charge in [-0.25, -0.2) is 14.4 Å². The number of methoxy groups -OCH3 is 1. The van der Waals surface area contributed by atoms with Crippen molar-refractivity contribution in [3.63, 3.8) is 0 Å². The van der Waals surface area contributed by atoms with Gasteiger partial charge in [-0.1, -0.05) is 24.3 Å². The molecule has 0 saturated carbocycles. The van der Waals surface area contributed by atoms with Crippen molar-refractivity contribution >= 4 is 11.9 Å². The first-order valence-corrected chi connectivity index (χ1v) is 11.2. The number of hydrogen-bond donors (Lipinski definition) is 0. The molecule has 2 heterocycles. The highest BCUT2D eigenvalue weighted by atomic mass is 19.1. The zero-order valence-corrected chi connectivity index (χ0v) is 19.3. The molecule has 0 radical (unpaired) electrons. The highest BCUT2D eigenvalue weighted by molar-refractivity contribution is 5.80. The number of hydrogen-bond acceptors (Lipinski definition) is 5. The van der Waals surface area contributed by atoms with Gasteiger partial charge in [0.15, 0.2) is 0 Å². The first kappa shape index (κ1) is 22.7. The third-order valence-electron chi connectivity index (χ3n) is 5.97. The Kier molecular flexibility index (Phi) is 6.87. The smallest absolute Gasteiger partial charge is 0.227 e. The van der Waals surface area contributed by atoms with Gasteiger partial charge in [0.25, 0.3) is 0 Å². The number of likely N-dealkylation sites (tertiary alicyclic amines) is 1. The lowest BCUT2D eigenvalue weighted by Crippen LogP contribution is -2.40. The van der Waals surface area contributed by atoms with Crippen LogP contribution in [0.3, 0.4) is 0 Å². The number of anilines is 1. The van der Waals surface area contributed by atoms with Crippen molar-refractivity contribution in [3.05, 3.63) is 71.8 Å². The van der Waals surface area contributed by atoms with Crippen molar-refractivity contribution < 1.29 is 13.9 Å². The number of carbonyl (C=O) groups excluding carboxylic acids is 1. The number of carbonyl (C=O) groups is 1. The Bertz CT molecular complexity index is 1130. The van der Waals surface area contributed by atoms with Crippen molar-refractivity contribution in [2.24, 2.45) is 0 Å². The predicted octanol–water partition coefficient (Wildman–Crippen LogP) is 4.65. The zero-order valence-electron chi connectivity index (χ0n) is 19.3. The number of rotatable bonds is 6. The SMILES string of the molecule is COc1cccc(CC(=O)N2CCCCC2c2nc(N(C)C)ncc2-c2cccc(F)c2)c1. The Labute approximate surface area is 194 Å². The minimum absolute atomic E-state index is 0.0446. The maximum Gasteiger partial charge on any atom is 0.227 e. The van der Waals surface area contributed by atoms with E-state index in [1.54, 1.807) is 19.4 Å². The van der Waals surface area contributed by atoms with Crippen molar-refractivity contribution in [3.8, 4) is 16.9 Å². The molecule has 1 aliphatic heterocycles. The monoisotopic (exact) mass is 448 g/mol. The van der Waals surface area contributed by atoms with Crippen molar-refractivity contribution in [1.82, 2.24) is 14.9 Å². The summed E-state index contributed by atoms with van der Waals surface area (Å²) >= 11 is 0. The summed E-state index contributed by atoms with van der Waals surface area (Å²) in [5.74, 6) is 1.03. The molecule has 1 unspecified atom stereocenters. The van der Waals surface area contributed by atoms with Crippen LogP contribution in [0.2, 0.25) is 0 Å². The van der Waals surface area contributed by atoms with Crippen LogP contribution in [0.4, 0.5) is 10.3 Å². The van der Waals surface area contributed by atoms with Crippen LogP contribution in [0.15, 0.2) is 54.7 Å². The van der Waals surface area contributed by atoms with Gasteiger partial charge in [-0.05, 0) is 54.7 Å². The molecule has 33 heavy (non-hydrogen) atoms. The number of amides is 1. The molecule has 1 aliphatic rings. The lowest BCUT2D eigenvalue weighted by Gasteiger charge is -2.36. The number of nitrogens with zero attached hydrogens (tertiary/aromatic N) is 4. The quantitative estimate of drug-likeness (QED) is 0.549. The summed E-state index contributed by atoms with van der Waals surface area (Å²) in [7, 11) is 5.38. The van der Waals surface area contributed by atoms with Crippen LogP contribution in [0, 0.1) is 5.82 Å². The maximum absolute atomic E-state index is 14.0. The highest BCUT2D eigenvalue weighted by Crippen LogP contribution is 2.37. The second kappa shape index (κ2) is 9.98. The molecule has 0 bridgehead atoms. The van der Waals surface area contributed by atoms with E-state index in [-0.39, 0.29) is 24.2 Å². The van der Waals surface area contributed by atoms with Crippen molar-refractivity contribution in [1.29, 1.82) is 0 Å². The molecule has 1 aromatic heterocycles. The molecular formula is C26H29FN4O2. The van der Waals surface area contributed by atoms with Gasteiger partial charge in [-0.15, -0.1) is 0 Å². The van der Waals surface area contributed by atoms with Crippen LogP contribution < -0.4 is 9.64 Å². The second-order valence-corrected chi connectivity index (χ2v) is 8.50. The maximum atomic E-state index is 14.0. The number of benzene rings is 2. The molecule has 1 fully saturated rings. The van der Waals surface area contributed by atoms with Crippen LogP contribution in [0.25, 0.3) is 11.1 Å². The molecule has 1 atom stereocenters. The highest BCUT2D eigenvalue weighted by Gasteiger charge is 2.31. The van der Waals surface area contributed by atoms with Gasteiger partial charge < -0.3 is 14.5 Å². The van der Waals surface area contributed by atoms with Gasteiger partial charge in [0, 0.05) is 32.4 Å². The third-order valence-corrected chi connectivity index (χ3v) is 5.97. The molecule has 6 nitrogen and oxygen atoms in total. The molecule has 172 valence electrons. The Hall–Kier alpha value is -3.48. The minimum Gasteiger partial charge on any atom is -0.497 e. The fourth-order valence-corrected chi connectivity index (χ4v) is 4.31. The minimum atomic E-state index is -0.315. The average Bonchev–Trinajstić information content (AvgIpc) is 2.83. The number of ether oxygens (including phenoxy) is 1. The number of aromatic nitrogens is 2. The Morgan fingerprint density at radius 2 is 2.00 bits per heavy atom. The lowest BCUT2D eigenvalue weighted by molar-refractivity contribution is -0.134. The van der Waals surface area contributed by atoms with E-state index in [0.29, 0.717) is 18.1 Å². The van der Waals surface area contributed by atoms with E-state index in [0.717, 1.165) is 41.8 Å². The molecule has 0 spiro atoms. The first-order valence-electron chi connectivity index (χ1n) is 11.2. The fourth-order valence-electron chi connectivity index (χ4n) is 4.31. The van der Waals surface area contributed by atoms with E-state index >= 15 is 0 Å². The van der Waals surface area contributed by atoms with Gasteiger partial charge in [-0.3, -0.25) is 4.79 Å². The zero-order chi connectivity index (χ0) is 23.4. The molecule has 7 heteroatoms. The Morgan fingerprint density at radius 1 is 1.18 bits per heavy atom. The van der Waals surface area contributed by atoms with E-state index in [1.807, 2.05) is 54.2 Å². The second-order valence-electron chi connectivity index (χ2n) is 8.50. The summed E-state index contributed by atoms with van der Waals surface area (Å²) in [4.78, 5) is 26.5. The van der Waals surface area contributed by atoms with Crippen LogP contribution >= 0.6 is 0 Å². The van der Waals surface area contributed by atoms with Gasteiger partial charge in [0.1, 0.15) is 11.6 Å². The van der Waals surface area contributed by atoms with E-state index in [2.05, 4.69) is 4.98 Å². The molecule has 3 aromatic rings. The predicted molar refractivity (Wildman–Crippen MR) is 127 cm³/mol. The summed E-state index contributed by atoms with van der Waals surface area (Å²) in [6, 6.07) is 13.8.